The molecule has 1 aliphatic rings. The van der Waals surface area contributed by atoms with Gasteiger partial charge in [-0.1, -0.05) is 34.8 Å². The summed E-state index contributed by atoms with van der Waals surface area (Å²) in [6.07, 6.45) is -0.0925. The number of ether oxygens (including phenoxy) is 1. The zero-order valence-corrected chi connectivity index (χ0v) is 13.6. The molecule has 0 fully saturated rings. The molecule has 1 N–H and O–H groups in total. The molecule has 0 radical (unpaired) electrons. The predicted octanol–water partition coefficient (Wildman–Crippen LogP) is 3.23. The fourth-order valence-electron chi connectivity index (χ4n) is 1.95. The largest absolute Gasteiger partial charge is 0.480 e. The van der Waals surface area contributed by atoms with Gasteiger partial charge >= 0.3 is 11.9 Å². The summed E-state index contributed by atoms with van der Waals surface area (Å²) in [5.41, 5.74) is 0.263. The maximum absolute atomic E-state index is 11.7. The Hall–Kier alpha value is -1.50. The van der Waals surface area contributed by atoms with Gasteiger partial charge in [0.15, 0.2) is 6.04 Å². The molecule has 1 aromatic carbocycles. The van der Waals surface area contributed by atoms with Gasteiger partial charge in [0, 0.05) is 6.42 Å². The molecule has 1 aliphatic heterocycles. The molecule has 0 unspecified atom stereocenters. The van der Waals surface area contributed by atoms with Gasteiger partial charge in [-0.3, -0.25) is 0 Å². The van der Waals surface area contributed by atoms with Gasteiger partial charge in [-0.05, 0) is 19.1 Å². The number of carboxylic acids is 1. The highest BCUT2D eigenvalue weighted by atomic mass is 35.5. The fraction of sp³-hybridized carbons (Fsp3) is 0.308. The van der Waals surface area contributed by atoms with E-state index in [0.29, 0.717) is 0 Å². The van der Waals surface area contributed by atoms with Crippen LogP contribution in [-0.2, 0) is 14.3 Å². The van der Waals surface area contributed by atoms with Gasteiger partial charge in [-0.25, -0.2) is 14.6 Å². The van der Waals surface area contributed by atoms with Crippen LogP contribution in [0.5, 0.6) is 0 Å². The van der Waals surface area contributed by atoms with E-state index in [1.54, 1.807) is 6.92 Å². The quantitative estimate of drug-likeness (QED) is 0.654. The predicted molar refractivity (Wildman–Crippen MR) is 84.1 cm³/mol. The topological polar surface area (TPSA) is 79.2 Å². The highest BCUT2D eigenvalue weighted by Gasteiger charge is 2.37. The summed E-state index contributed by atoms with van der Waals surface area (Å²) in [4.78, 5) is 23.1. The minimum absolute atomic E-state index is 0.0105. The Bertz CT molecular complexity index is 663. The second kappa shape index (κ2) is 6.73. The Labute approximate surface area is 141 Å². The number of benzene rings is 1. The highest BCUT2D eigenvalue weighted by molar-refractivity contribution is 6.44. The maximum Gasteiger partial charge on any atom is 0.354 e. The Morgan fingerprint density at radius 3 is 2.55 bits per heavy atom. The minimum atomic E-state index is -1.15. The van der Waals surface area contributed by atoms with Crippen LogP contribution in [0.3, 0.4) is 0 Å². The van der Waals surface area contributed by atoms with Crippen LogP contribution < -0.4 is 5.01 Å². The summed E-state index contributed by atoms with van der Waals surface area (Å²) in [5.74, 6) is -1.81. The first-order valence-corrected chi connectivity index (χ1v) is 7.39. The Kier molecular flexibility index (Phi) is 5.16. The average molecular weight is 366 g/mol. The lowest BCUT2D eigenvalue weighted by atomic mass is 10.1. The summed E-state index contributed by atoms with van der Waals surface area (Å²) in [5, 5.41) is 15.1. The van der Waals surface area contributed by atoms with Crippen molar-refractivity contribution in [3.63, 3.8) is 0 Å². The molecular formula is C13H11Cl3N2O4. The molecule has 1 aromatic rings. The number of esters is 1. The van der Waals surface area contributed by atoms with E-state index in [-0.39, 0.29) is 39.5 Å². The van der Waals surface area contributed by atoms with E-state index in [0.717, 1.165) is 5.01 Å². The molecule has 1 atom stereocenters. The van der Waals surface area contributed by atoms with Crippen molar-refractivity contribution in [2.75, 3.05) is 11.6 Å². The van der Waals surface area contributed by atoms with Gasteiger partial charge in [-0.15, -0.1) is 0 Å². The van der Waals surface area contributed by atoms with Gasteiger partial charge in [0.2, 0.25) is 0 Å². The molecule has 2 rings (SSSR count). The van der Waals surface area contributed by atoms with Gasteiger partial charge in [0.05, 0.1) is 27.4 Å². The van der Waals surface area contributed by atoms with Crippen LogP contribution in [0.2, 0.25) is 15.1 Å². The summed E-state index contributed by atoms with van der Waals surface area (Å²) in [7, 11) is 0. The molecule has 0 amide bonds. The monoisotopic (exact) mass is 364 g/mol. The van der Waals surface area contributed by atoms with E-state index in [1.807, 2.05) is 0 Å². The zero-order valence-electron chi connectivity index (χ0n) is 11.3. The Morgan fingerprint density at radius 2 is 1.95 bits per heavy atom. The van der Waals surface area contributed by atoms with Crippen LogP contribution in [-0.4, -0.2) is 35.4 Å². The Morgan fingerprint density at radius 1 is 1.32 bits per heavy atom. The average Bonchev–Trinajstić information content (AvgIpc) is 2.88. The number of rotatable bonds is 4. The highest BCUT2D eigenvalue weighted by Crippen LogP contribution is 2.37. The van der Waals surface area contributed by atoms with E-state index in [9.17, 15) is 14.7 Å². The lowest BCUT2D eigenvalue weighted by Crippen LogP contribution is -2.34. The van der Waals surface area contributed by atoms with E-state index in [1.165, 1.54) is 12.1 Å². The van der Waals surface area contributed by atoms with Crippen LogP contribution in [0.15, 0.2) is 17.2 Å². The number of aliphatic carboxylic acids is 1. The molecule has 118 valence electrons. The number of carbonyl (C=O) groups excluding carboxylic acids is 1. The van der Waals surface area contributed by atoms with Gasteiger partial charge in [0.25, 0.3) is 0 Å². The van der Waals surface area contributed by atoms with Crippen LogP contribution in [0, 0.1) is 0 Å². The Balaban J connectivity index is 2.43. The van der Waals surface area contributed by atoms with Crippen LogP contribution >= 0.6 is 34.8 Å². The number of carbonyl (C=O) groups is 2. The third kappa shape index (κ3) is 3.29. The molecule has 0 aliphatic carbocycles. The van der Waals surface area contributed by atoms with Crippen molar-refractivity contribution in [1.29, 1.82) is 0 Å². The summed E-state index contributed by atoms with van der Waals surface area (Å²) in [6.45, 7) is 1.82. The lowest BCUT2D eigenvalue weighted by Gasteiger charge is -2.21. The summed E-state index contributed by atoms with van der Waals surface area (Å²) < 4.78 is 4.84. The number of anilines is 1. The third-order valence-electron chi connectivity index (χ3n) is 2.94. The second-order valence-electron chi connectivity index (χ2n) is 4.39. The first-order chi connectivity index (χ1) is 10.3. The molecular weight excluding hydrogens is 355 g/mol. The summed E-state index contributed by atoms with van der Waals surface area (Å²) in [6, 6.07) is 1.71. The fourth-order valence-corrected chi connectivity index (χ4v) is 2.58. The molecule has 22 heavy (non-hydrogen) atoms. The first kappa shape index (κ1) is 16.9. The summed E-state index contributed by atoms with van der Waals surface area (Å²) >= 11 is 17.9. The molecule has 9 heteroatoms. The van der Waals surface area contributed by atoms with Gasteiger partial charge in [0.1, 0.15) is 5.71 Å². The molecule has 0 saturated heterocycles. The van der Waals surface area contributed by atoms with Crippen LogP contribution in [0.1, 0.15) is 13.3 Å². The number of hydrogen-bond donors (Lipinski definition) is 1. The van der Waals surface area contributed by atoms with Crippen molar-refractivity contribution in [3.8, 4) is 0 Å². The molecule has 1 heterocycles. The second-order valence-corrected chi connectivity index (χ2v) is 5.61. The molecule has 0 spiro atoms. The van der Waals surface area contributed by atoms with Crippen molar-refractivity contribution >= 4 is 58.1 Å². The van der Waals surface area contributed by atoms with E-state index >= 15 is 0 Å². The number of halogens is 3. The minimum Gasteiger partial charge on any atom is -0.480 e. The first-order valence-electron chi connectivity index (χ1n) is 6.26. The van der Waals surface area contributed by atoms with Crippen LogP contribution in [0.4, 0.5) is 5.69 Å². The lowest BCUT2D eigenvalue weighted by molar-refractivity contribution is -0.138. The molecule has 0 bridgehead atoms. The smallest absolute Gasteiger partial charge is 0.354 e. The SMILES string of the molecule is CCOC(=O)C1=NN(c2cc(Cl)c(Cl)cc2Cl)[C@@H](C(=O)O)C1. The van der Waals surface area contributed by atoms with Crippen molar-refractivity contribution in [2.45, 2.75) is 19.4 Å². The number of nitrogens with zero attached hydrogens (tertiary/aromatic N) is 2. The number of carboxylic acid groups (broad SMARTS) is 1. The zero-order chi connectivity index (χ0) is 16.4. The van der Waals surface area contributed by atoms with Crippen molar-refractivity contribution in [2.24, 2.45) is 5.10 Å². The van der Waals surface area contributed by atoms with Crippen LogP contribution in [0.25, 0.3) is 0 Å². The maximum atomic E-state index is 11.7. The van der Waals surface area contributed by atoms with Crippen molar-refractivity contribution in [3.05, 3.63) is 27.2 Å². The van der Waals surface area contributed by atoms with Crippen molar-refractivity contribution < 1.29 is 19.4 Å². The van der Waals surface area contributed by atoms with Gasteiger partial charge in [-0.2, -0.15) is 5.10 Å². The van der Waals surface area contributed by atoms with E-state index in [2.05, 4.69) is 5.10 Å². The van der Waals surface area contributed by atoms with Gasteiger partial charge < -0.3 is 9.84 Å². The van der Waals surface area contributed by atoms with Crippen molar-refractivity contribution in [1.82, 2.24) is 0 Å². The third-order valence-corrected chi connectivity index (χ3v) is 3.97. The number of hydrazone groups is 1. The normalized spacial score (nSPS) is 17.4. The molecule has 6 nitrogen and oxygen atoms in total. The number of hydrogen-bond acceptors (Lipinski definition) is 5. The van der Waals surface area contributed by atoms with E-state index in [4.69, 9.17) is 39.5 Å². The molecule has 0 saturated carbocycles. The molecule has 0 aromatic heterocycles. The standard InChI is InChI=1S/C13H11Cl3N2O4/c1-2-22-13(21)9-5-11(12(19)20)18(17-9)10-4-7(15)6(14)3-8(10)16/h3-4,11H,2,5H2,1H3,(H,19,20)/t11-/m1/s1. The van der Waals surface area contributed by atoms with E-state index < -0.39 is 18.0 Å².